The van der Waals surface area contributed by atoms with E-state index in [-0.39, 0.29) is 30.1 Å². The van der Waals surface area contributed by atoms with Gasteiger partial charge in [0.2, 0.25) is 0 Å². The molecule has 0 bridgehead atoms. The fourth-order valence-corrected chi connectivity index (χ4v) is 3.28. The molecule has 1 aromatic rings. The summed E-state index contributed by atoms with van der Waals surface area (Å²) in [6, 6.07) is 8.19. The number of hydrogen-bond acceptors (Lipinski definition) is 4. The van der Waals surface area contributed by atoms with Crippen LogP contribution in [0.25, 0.3) is 0 Å². The van der Waals surface area contributed by atoms with Gasteiger partial charge in [-0.05, 0) is 37.8 Å². The van der Waals surface area contributed by atoms with E-state index in [1.165, 1.54) is 5.56 Å². The molecule has 7 heteroatoms. The second kappa shape index (κ2) is 14.8. The Labute approximate surface area is 193 Å². The molecule has 2 N–H and O–H groups in total. The minimum atomic E-state index is 0. The van der Waals surface area contributed by atoms with Crippen molar-refractivity contribution in [2.24, 2.45) is 10.9 Å². The van der Waals surface area contributed by atoms with Gasteiger partial charge in [0.05, 0.1) is 19.3 Å². The Morgan fingerprint density at radius 2 is 2.00 bits per heavy atom. The number of rotatable bonds is 10. The Morgan fingerprint density at radius 1 is 1.24 bits per heavy atom. The van der Waals surface area contributed by atoms with Gasteiger partial charge in [-0.2, -0.15) is 0 Å². The molecule has 2 rings (SSSR count). The highest BCUT2D eigenvalue weighted by molar-refractivity contribution is 14.0. The number of hydrogen-bond donors (Lipinski definition) is 2. The second-order valence-electron chi connectivity index (χ2n) is 7.89. The lowest BCUT2D eigenvalue weighted by Crippen LogP contribution is -2.50. The predicted molar refractivity (Wildman–Crippen MR) is 132 cm³/mol. The third-order valence-electron chi connectivity index (χ3n) is 4.72. The van der Waals surface area contributed by atoms with Crippen molar-refractivity contribution < 1.29 is 9.47 Å². The first-order valence-electron chi connectivity index (χ1n) is 10.5. The number of nitrogens with zero attached hydrogens (tertiary/aromatic N) is 2. The number of halogens is 1. The van der Waals surface area contributed by atoms with Crippen molar-refractivity contribution in [1.29, 1.82) is 0 Å². The summed E-state index contributed by atoms with van der Waals surface area (Å²) in [4.78, 5) is 6.80. The highest BCUT2D eigenvalue weighted by Crippen LogP contribution is 2.11. The molecule has 0 aliphatic carbocycles. The Balaban J connectivity index is 0.00000420. The summed E-state index contributed by atoms with van der Waals surface area (Å²) >= 11 is 0. The summed E-state index contributed by atoms with van der Waals surface area (Å²) in [5, 5.41) is 6.76. The molecule has 166 valence electrons. The maximum Gasteiger partial charge on any atom is 0.191 e. The topological polar surface area (TPSA) is 58.1 Å². The first-order chi connectivity index (χ1) is 13.6. The maximum absolute atomic E-state index is 5.89. The van der Waals surface area contributed by atoms with Crippen molar-refractivity contribution in [2.45, 2.75) is 39.7 Å². The van der Waals surface area contributed by atoms with Gasteiger partial charge in [0.25, 0.3) is 0 Å². The quantitative estimate of drug-likeness (QED) is 0.216. The summed E-state index contributed by atoms with van der Waals surface area (Å²) in [7, 11) is 1.81. The van der Waals surface area contributed by atoms with Crippen LogP contribution in [0.2, 0.25) is 0 Å². The molecule has 1 aliphatic heterocycles. The Morgan fingerprint density at radius 3 is 2.69 bits per heavy atom. The van der Waals surface area contributed by atoms with Gasteiger partial charge in [0.1, 0.15) is 5.75 Å². The number of benzene rings is 1. The van der Waals surface area contributed by atoms with E-state index in [0.29, 0.717) is 5.92 Å². The van der Waals surface area contributed by atoms with Gasteiger partial charge in [0, 0.05) is 39.8 Å². The lowest BCUT2D eigenvalue weighted by atomic mass is 10.2. The van der Waals surface area contributed by atoms with E-state index in [1.807, 2.05) is 19.2 Å². The number of nitrogens with one attached hydrogen (secondary N) is 2. The van der Waals surface area contributed by atoms with Gasteiger partial charge < -0.3 is 20.1 Å². The summed E-state index contributed by atoms with van der Waals surface area (Å²) < 4.78 is 11.7. The normalized spacial score (nSPS) is 17.7. The van der Waals surface area contributed by atoms with E-state index >= 15 is 0 Å². The number of unbranched alkanes of at least 4 members (excludes halogenated alkanes) is 1. The van der Waals surface area contributed by atoms with Crippen molar-refractivity contribution in [3.8, 4) is 5.75 Å². The van der Waals surface area contributed by atoms with Crippen molar-refractivity contribution >= 4 is 29.9 Å². The Kier molecular flexibility index (Phi) is 13.3. The molecular weight excluding hydrogens is 479 g/mol. The molecule has 0 aromatic heterocycles. The van der Waals surface area contributed by atoms with E-state index in [4.69, 9.17) is 9.47 Å². The molecule has 1 unspecified atom stereocenters. The van der Waals surface area contributed by atoms with Crippen LogP contribution in [0.3, 0.4) is 0 Å². The van der Waals surface area contributed by atoms with Crippen LogP contribution in [0.5, 0.6) is 5.75 Å². The van der Waals surface area contributed by atoms with Crippen LogP contribution in [0.15, 0.2) is 29.3 Å². The van der Waals surface area contributed by atoms with E-state index in [0.717, 1.165) is 70.5 Å². The van der Waals surface area contributed by atoms with Crippen LogP contribution in [0, 0.1) is 12.8 Å². The Bertz CT molecular complexity index is 581. The van der Waals surface area contributed by atoms with Crippen molar-refractivity contribution in [1.82, 2.24) is 15.5 Å². The van der Waals surface area contributed by atoms with Gasteiger partial charge in [-0.25, -0.2) is 0 Å². The molecule has 1 atom stereocenters. The summed E-state index contributed by atoms with van der Waals surface area (Å²) in [6.45, 7) is 13.0. The molecule has 1 aliphatic rings. The first-order valence-corrected chi connectivity index (χ1v) is 10.5. The number of aliphatic imine (C=N–C) groups is 1. The van der Waals surface area contributed by atoms with Gasteiger partial charge in [-0.1, -0.05) is 31.5 Å². The fourth-order valence-electron chi connectivity index (χ4n) is 3.28. The van der Waals surface area contributed by atoms with Gasteiger partial charge in [-0.3, -0.25) is 9.89 Å². The van der Waals surface area contributed by atoms with E-state index < -0.39 is 0 Å². The average molecular weight is 518 g/mol. The minimum Gasteiger partial charge on any atom is -0.494 e. The van der Waals surface area contributed by atoms with Crippen LogP contribution in [0.4, 0.5) is 0 Å². The highest BCUT2D eigenvalue weighted by Gasteiger charge is 2.20. The molecule has 1 heterocycles. The standard InChI is InChI=1S/C22H38N4O2.HI/c1-18(2)16-26-12-14-28-21(17-26)15-25-22(23-4)24-11-5-6-13-27-20-9-7-19(3)8-10-20;/h7-10,18,21H,5-6,11-17H2,1-4H3,(H2,23,24,25);1H. The maximum atomic E-state index is 5.89. The zero-order valence-corrected chi connectivity index (χ0v) is 20.8. The van der Waals surface area contributed by atoms with Crippen LogP contribution in [-0.4, -0.2) is 69.9 Å². The fraction of sp³-hybridized carbons (Fsp3) is 0.682. The molecule has 6 nitrogen and oxygen atoms in total. The third-order valence-corrected chi connectivity index (χ3v) is 4.72. The first kappa shape index (κ1) is 26.0. The lowest BCUT2D eigenvalue weighted by Gasteiger charge is -2.34. The minimum absolute atomic E-state index is 0. The molecule has 0 radical (unpaired) electrons. The van der Waals surface area contributed by atoms with Crippen LogP contribution in [0.1, 0.15) is 32.3 Å². The zero-order valence-electron chi connectivity index (χ0n) is 18.4. The van der Waals surface area contributed by atoms with Gasteiger partial charge in [0.15, 0.2) is 5.96 Å². The van der Waals surface area contributed by atoms with Crippen molar-refractivity contribution in [3.63, 3.8) is 0 Å². The van der Waals surface area contributed by atoms with Gasteiger partial charge >= 0.3 is 0 Å². The summed E-state index contributed by atoms with van der Waals surface area (Å²) in [6.07, 6.45) is 2.26. The van der Waals surface area contributed by atoms with E-state index in [1.54, 1.807) is 0 Å². The largest absolute Gasteiger partial charge is 0.494 e. The number of guanidine groups is 1. The number of ether oxygens (including phenoxy) is 2. The predicted octanol–water partition coefficient (Wildman–Crippen LogP) is 3.29. The van der Waals surface area contributed by atoms with E-state index in [9.17, 15) is 0 Å². The Hall–Kier alpha value is -1.06. The molecule has 0 spiro atoms. The molecule has 0 amide bonds. The SMILES string of the molecule is CN=C(NCCCCOc1ccc(C)cc1)NCC1CN(CC(C)C)CCO1.I. The molecule has 0 saturated carbocycles. The third kappa shape index (κ3) is 11.1. The zero-order chi connectivity index (χ0) is 20.2. The molecular formula is C22H39IN4O2. The smallest absolute Gasteiger partial charge is 0.191 e. The second-order valence-corrected chi connectivity index (χ2v) is 7.89. The van der Waals surface area contributed by atoms with Crippen molar-refractivity contribution in [2.75, 3.05) is 53.0 Å². The summed E-state index contributed by atoms with van der Waals surface area (Å²) in [5.41, 5.74) is 1.25. The molecule has 29 heavy (non-hydrogen) atoms. The monoisotopic (exact) mass is 518 g/mol. The highest BCUT2D eigenvalue weighted by atomic mass is 127. The summed E-state index contributed by atoms with van der Waals surface area (Å²) in [5.74, 6) is 2.47. The van der Waals surface area contributed by atoms with Crippen LogP contribution >= 0.6 is 24.0 Å². The molecule has 1 aromatic carbocycles. The van der Waals surface area contributed by atoms with Crippen LogP contribution < -0.4 is 15.4 Å². The number of morpholine rings is 1. The molecule has 1 fully saturated rings. The average Bonchev–Trinajstić information content (AvgIpc) is 2.68. The van der Waals surface area contributed by atoms with Crippen molar-refractivity contribution in [3.05, 3.63) is 29.8 Å². The lowest BCUT2D eigenvalue weighted by molar-refractivity contribution is -0.0284. The van der Waals surface area contributed by atoms with E-state index in [2.05, 4.69) is 53.4 Å². The molecule has 1 saturated heterocycles. The van der Waals surface area contributed by atoms with Crippen LogP contribution in [-0.2, 0) is 4.74 Å². The van der Waals surface area contributed by atoms with Gasteiger partial charge in [-0.15, -0.1) is 24.0 Å². The number of aryl methyl sites for hydroxylation is 1.